The van der Waals surface area contributed by atoms with Crippen LogP contribution in [0, 0.1) is 5.92 Å². The first-order valence-corrected chi connectivity index (χ1v) is 6.94. The van der Waals surface area contributed by atoms with Gasteiger partial charge in [-0.1, -0.05) is 6.42 Å². The van der Waals surface area contributed by atoms with E-state index in [0.29, 0.717) is 5.92 Å². The average Bonchev–Trinajstić information content (AvgIpc) is 2.35. The van der Waals surface area contributed by atoms with Crippen molar-refractivity contribution in [2.75, 3.05) is 46.8 Å². The second-order valence-corrected chi connectivity index (χ2v) is 5.39. The monoisotopic (exact) mass is 243 g/mol. The third-order valence-electron chi connectivity index (χ3n) is 3.37. The first-order chi connectivity index (χ1) is 8.20. The molecule has 0 aromatic carbocycles. The topological polar surface area (TPSA) is 47.5 Å². The van der Waals surface area contributed by atoms with E-state index in [-0.39, 0.29) is 6.10 Å². The summed E-state index contributed by atoms with van der Waals surface area (Å²) < 4.78 is 0. The Balaban J connectivity index is 0.000000202. The fourth-order valence-electron chi connectivity index (χ4n) is 2.37. The molecule has 102 valence electrons. The van der Waals surface area contributed by atoms with Crippen molar-refractivity contribution >= 4 is 0 Å². The van der Waals surface area contributed by atoms with E-state index in [4.69, 9.17) is 0 Å². The zero-order valence-corrected chi connectivity index (χ0v) is 11.4. The molecule has 0 bridgehead atoms. The van der Waals surface area contributed by atoms with Crippen LogP contribution in [0.4, 0.5) is 0 Å². The largest absolute Gasteiger partial charge is 0.393 e. The maximum Gasteiger partial charge on any atom is 0.0604 e. The van der Waals surface area contributed by atoms with Crippen molar-refractivity contribution in [3.05, 3.63) is 0 Å². The number of nitrogens with one attached hydrogen (secondary N) is 2. The molecule has 2 saturated heterocycles. The lowest BCUT2D eigenvalue weighted by atomic mass is 9.96. The van der Waals surface area contributed by atoms with Crippen molar-refractivity contribution in [2.45, 2.75) is 31.8 Å². The molecule has 2 fully saturated rings. The van der Waals surface area contributed by atoms with Crippen LogP contribution in [0.25, 0.3) is 0 Å². The molecular weight excluding hydrogens is 214 g/mol. The zero-order chi connectivity index (χ0) is 12.5. The number of rotatable bonds is 2. The Morgan fingerprint density at radius 3 is 2.18 bits per heavy atom. The maximum atomic E-state index is 9.55. The number of aliphatic hydroxyl groups excluding tert-OH is 1. The fraction of sp³-hybridized carbons (Fsp3) is 1.00. The van der Waals surface area contributed by atoms with Crippen molar-refractivity contribution in [1.29, 1.82) is 0 Å². The molecule has 2 aliphatic rings. The summed E-state index contributed by atoms with van der Waals surface area (Å²) in [5.41, 5.74) is 0. The fourth-order valence-corrected chi connectivity index (χ4v) is 2.37. The van der Waals surface area contributed by atoms with Gasteiger partial charge in [-0.15, -0.1) is 0 Å². The van der Waals surface area contributed by atoms with Gasteiger partial charge in [0.2, 0.25) is 0 Å². The first-order valence-electron chi connectivity index (χ1n) is 6.94. The van der Waals surface area contributed by atoms with E-state index in [1.165, 1.54) is 32.4 Å². The van der Waals surface area contributed by atoms with Crippen LogP contribution in [0.1, 0.15) is 25.7 Å². The van der Waals surface area contributed by atoms with Crippen LogP contribution >= 0.6 is 0 Å². The number of hydrogen-bond donors (Lipinski definition) is 3. The summed E-state index contributed by atoms with van der Waals surface area (Å²) in [6, 6.07) is 0. The number of aliphatic hydroxyl groups is 1. The third-order valence-corrected chi connectivity index (χ3v) is 3.37. The highest BCUT2D eigenvalue weighted by Crippen LogP contribution is 2.11. The lowest BCUT2D eigenvalue weighted by Crippen LogP contribution is -2.44. The Kier molecular flexibility index (Phi) is 7.77. The predicted octanol–water partition coefficient (Wildman–Crippen LogP) is 0.278. The summed E-state index contributed by atoms with van der Waals surface area (Å²) in [5.74, 6) is 0.416. The summed E-state index contributed by atoms with van der Waals surface area (Å²) in [4.78, 5) is 2.13. The van der Waals surface area contributed by atoms with Gasteiger partial charge in [0, 0.05) is 19.0 Å². The minimum atomic E-state index is -0.0985. The molecule has 4 nitrogen and oxygen atoms in total. The quantitative estimate of drug-likeness (QED) is 0.652. The van der Waals surface area contributed by atoms with Gasteiger partial charge in [0.15, 0.2) is 0 Å². The summed E-state index contributed by atoms with van der Waals surface area (Å²) in [5, 5.41) is 16.1. The van der Waals surface area contributed by atoms with Gasteiger partial charge in [-0.3, -0.25) is 0 Å². The molecule has 17 heavy (non-hydrogen) atoms. The highest BCUT2D eigenvalue weighted by molar-refractivity contribution is 4.78. The van der Waals surface area contributed by atoms with Gasteiger partial charge in [-0.2, -0.15) is 0 Å². The minimum Gasteiger partial charge on any atom is -0.393 e. The van der Waals surface area contributed by atoms with Crippen LogP contribution in [-0.4, -0.2) is 62.9 Å². The van der Waals surface area contributed by atoms with Crippen LogP contribution in [-0.2, 0) is 0 Å². The molecule has 0 radical (unpaired) electrons. The first kappa shape index (κ1) is 14.9. The van der Waals surface area contributed by atoms with E-state index in [0.717, 1.165) is 26.1 Å². The van der Waals surface area contributed by atoms with E-state index in [1.54, 1.807) is 0 Å². The smallest absolute Gasteiger partial charge is 0.0604 e. The Hall–Kier alpha value is -0.160. The molecule has 0 spiro atoms. The van der Waals surface area contributed by atoms with Crippen LogP contribution < -0.4 is 10.6 Å². The normalized spacial score (nSPS) is 29.6. The molecule has 2 rings (SSSR count). The summed E-state index contributed by atoms with van der Waals surface area (Å²) in [7, 11) is 4.09. The molecule has 2 unspecified atom stereocenters. The van der Waals surface area contributed by atoms with Gasteiger partial charge in [-0.25, -0.2) is 0 Å². The molecule has 3 N–H and O–H groups in total. The summed E-state index contributed by atoms with van der Waals surface area (Å²) >= 11 is 0. The van der Waals surface area contributed by atoms with E-state index < -0.39 is 0 Å². The molecule has 0 aromatic rings. The van der Waals surface area contributed by atoms with Crippen LogP contribution in [0.5, 0.6) is 0 Å². The maximum absolute atomic E-state index is 9.55. The number of piperidine rings is 2. The number of nitrogens with zero attached hydrogens (tertiary/aromatic N) is 1. The summed E-state index contributed by atoms with van der Waals surface area (Å²) in [6.07, 6.45) is 5.02. The van der Waals surface area contributed by atoms with Crippen molar-refractivity contribution in [2.24, 2.45) is 5.92 Å². The Bertz CT molecular complexity index is 172. The average molecular weight is 243 g/mol. The standard InChI is InChI=1S/C8H18N2O.C5H11N/c1-10(2)6-7-5-9-4-3-8(7)11;1-2-4-6-5-3-1/h7-9,11H,3-6H2,1-2H3;6H,1-5H2. The lowest BCUT2D eigenvalue weighted by molar-refractivity contribution is 0.0645. The highest BCUT2D eigenvalue weighted by Gasteiger charge is 2.22. The molecule has 4 heteroatoms. The van der Waals surface area contributed by atoms with Gasteiger partial charge < -0.3 is 20.6 Å². The van der Waals surface area contributed by atoms with Gasteiger partial charge in [0.1, 0.15) is 0 Å². The van der Waals surface area contributed by atoms with Gasteiger partial charge in [0.05, 0.1) is 6.10 Å². The molecule has 0 saturated carbocycles. The van der Waals surface area contributed by atoms with Gasteiger partial charge in [0.25, 0.3) is 0 Å². The SMILES string of the molecule is C1CCNCC1.CN(C)CC1CNCCC1O. The van der Waals surface area contributed by atoms with E-state index >= 15 is 0 Å². The van der Waals surface area contributed by atoms with Crippen LogP contribution in [0.2, 0.25) is 0 Å². The zero-order valence-electron chi connectivity index (χ0n) is 11.4. The molecule has 2 aliphatic heterocycles. The van der Waals surface area contributed by atoms with Crippen molar-refractivity contribution in [3.63, 3.8) is 0 Å². The highest BCUT2D eigenvalue weighted by atomic mass is 16.3. The lowest BCUT2D eigenvalue weighted by Gasteiger charge is -2.30. The van der Waals surface area contributed by atoms with E-state index in [1.807, 2.05) is 14.1 Å². The third kappa shape index (κ3) is 6.99. The Morgan fingerprint density at radius 2 is 1.76 bits per heavy atom. The van der Waals surface area contributed by atoms with Crippen molar-refractivity contribution in [1.82, 2.24) is 15.5 Å². The van der Waals surface area contributed by atoms with E-state index in [9.17, 15) is 5.11 Å². The second kappa shape index (κ2) is 8.86. The van der Waals surface area contributed by atoms with Crippen LogP contribution in [0.15, 0.2) is 0 Å². The summed E-state index contributed by atoms with van der Waals surface area (Å²) in [6.45, 7) is 5.40. The second-order valence-electron chi connectivity index (χ2n) is 5.39. The van der Waals surface area contributed by atoms with Crippen molar-refractivity contribution < 1.29 is 5.11 Å². The molecule has 2 atom stereocenters. The number of hydrogen-bond acceptors (Lipinski definition) is 4. The predicted molar refractivity (Wildman–Crippen MR) is 72.3 cm³/mol. The van der Waals surface area contributed by atoms with Gasteiger partial charge in [-0.05, 0) is 53.0 Å². The Morgan fingerprint density at radius 1 is 1.06 bits per heavy atom. The molecular formula is C13H29N3O. The van der Waals surface area contributed by atoms with E-state index in [2.05, 4.69) is 15.5 Å². The molecule has 0 aliphatic carbocycles. The molecule has 0 aromatic heterocycles. The van der Waals surface area contributed by atoms with Crippen LogP contribution in [0.3, 0.4) is 0 Å². The van der Waals surface area contributed by atoms with Gasteiger partial charge >= 0.3 is 0 Å². The minimum absolute atomic E-state index is 0.0985. The molecule has 0 amide bonds. The molecule has 2 heterocycles. The Labute approximate surface area is 106 Å². The van der Waals surface area contributed by atoms with Crippen molar-refractivity contribution in [3.8, 4) is 0 Å².